The van der Waals surface area contributed by atoms with Crippen LogP contribution in [0.25, 0.3) is 0 Å². The number of anilines is 1. The molecule has 0 bridgehead atoms. The molecule has 2 saturated heterocycles. The van der Waals surface area contributed by atoms with Gasteiger partial charge < -0.3 is 4.90 Å². The summed E-state index contributed by atoms with van der Waals surface area (Å²) in [6.07, 6.45) is 0.237. The fourth-order valence-electron chi connectivity index (χ4n) is 3.71. The molecule has 0 aromatic heterocycles. The van der Waals surface area contributed by atoms with Crippen LogP contribution < -0.4 is 4.90 Å². The second-order valence-corrected chi connectivity index (χ2v) is 10.8. The van der Waals surface area contributed by atoms with Crippen LogP contribution in [0, 0.1) is 13.8 Å². The Hall–Kier alpha value is -2.12. The maximum atomic E-state index is 12.6. The van der Waals surface area contributed by atoms with E-state index in [1.807, 2.05) is 67.3 Å². The van der Waals surface area contributed by atoms with Gasteiger partial charge in [0, 0.05) is 10.9 Å². The second kappa shape index (κ2) is 7.37. The molecule has 2 aromatic rings. The summed E-state index contributed by atoms with van der Waals surface area (Å²) in [5, 5.41) is 0.517. The minimum atomic E-state index is -3.06. The molecule has 0 N–H and O–H groups in total. The molecule has 0 radical (unpaired) electrons. The average molecular weight is 415 g/mol. The molecular formula is C21H22N2O3S2. The topological polar surface area (TPSA) is 66.8 Å². The molecule has 0 aliphatic carbocycles. The van der Waals surface area contributed by atoms with Crippen LogP contribution in [0.15, 0.2) is 53.5 Å². The Balaban J connectivity index is 1.63. The van der Waals surface area contributed by atoms with Crippen LogP contribution in [-0.2, 0) is 21.1 Å². The highest BCUT2D eigenvalue weighted by molar-refractivity contribution is 8.16. The number of amides is 1. The number of sulfone groups is 1. The number of aliphatic imine (C=N–C) groups is 1. The largest absolute Gasteiger partial charge is 0.316 e. The van der Waals surface area contributed by atoms with Crippen LogP contribution in [0.1, 0.15) is 16.7 Å². The lowest BCUT2D eigenvalue weighted by Crippen LogP contribution is -2.37. The van der Waals surface area contributed by atoms with Gasteiger partial charge in [0.1, 0.15) is 0 Å². The summed E-state index contributed by atoms with van der Waals surface area (Å²) < 4.78 is 24.3. The van der Waals surface area contributed by atoms with Gasteiger partial charge in [0.15, 0.2) is 15.0 Å². The molecular weight excluding hydrogens is 392 g/mol. The van der Waals surface area contributed by atoms with Crippen LogP contribution in [0.5, 0.6) is 0 Å². The van der Waals surface area contributed by atoms with E-state index in [0.29, 0.717) is 5.17 Å². The van der Waals surface area contributed by atoms with E-state index < -0.39 is 9.84 Å². The van der Waals surface area contributed by atoms with Crippen molar-refractivity contribution in [2.24, 2.45) is 4.99 Å². The molecule has 1 amide bonds. The number of hydrogen-bond donors (Lipinski definition) is 0. The molecule has 2 aromatic carbocycles. The van der Waals surface area contributed by atoms with E-state index >= 15 is 0 Å². The van der Waals surface area contributed by atoms with Crippen LogP contribution in [-0.4, -0.2) is 42.3 Å². The Morgan fingerprint density at radius 2 is 1.86 bits per heavy atom. The number of aryl methyl sites for hydroxylation is 2. The Labute approximate surface area is 169 Å². The van der Waals surface area contributed by atoms with Gasteiger partial charge in [0.2, 0.25) is 0 Å². The van der Waals surface area contributed by atoms with Gasteiger partial charge in [0.25, 0.3) is 5.91 Å². The van der Waals surface area contributed by atoms with Gasteiger partial charge in [-0.2, -0.15) is 4.99 Å². The number of rotatable bonds is 3. The fraction of sp³-hybridized carbons (Fsp3) is 0.333. The van der Waals surface area contributed by atoms with Crippen molar-refractivity contribution in [2.75, 3.05) is 16.4 Å². The molecule has 0 spiro atoms. The Morgan fingerprint density at radius 1 is 1.11 bits per heavy atom. The zero-order valence-corrected chi connectivity index (χ0v) is 17.5. The average Bonchev–Trinajstić information content (AvgIpc) is 3.06. The minimum Gasteiger partial charge on any atom is -0.316 e. The summed E-state index contributed by atoms with van der Waals surface area (Å²) in [7, 11) is -3.06. The summed E-state index contributed by atoms with van der Waals surface area (Å²) in [6.45, 7) is 4.00. The van der Waals surface area contributed by atoms with Crippen molar-refractivity contribution in [3.05, 3.63) is 65.2 Å². The molecule has 2 aliphatic heterocycles. The van der Waals surface area contributed by atoms with Gasteiger partial charge >= 0.3 is 0 Å². The Kier molecular flexibility index (Phi) is 5.05. The lowest BCUT2D eigenvalue weighted by Gasteiger charge is -2.24. The molecule has 0 unspecified atom stereocenters. The standard InChI is InChI=1S/C21H22N2O3S2/c1-14-6-8-17(9-7-14)23-18-12-28(25,26)13-19(18)27-21(23)22-20(24)11-16-5-3-4-15(2)10-16/h3-10,18-19H,11-13H2,1-2H3/t18-,19-/m0/s1. The first-order chi connectivity index (χ1) is 13.3. The normalized spacial score (nSPS) is 24.5. The lowest BCUT2D eigenvalue weighted by atomic mass is 10.1. The molecule has 5 nitrogen and oxygen atoms in total. The molecule has 2 atom stereocenters. The molecule has 0 saturated carbocycles. The highest BCUT2D eigenvalue weighted by atomic mass is 32.2. The highest BCUT2D eigenvalue weighted by Gasteiger charge is 2.49. The first-order valence-electron chi connectivity index (χ1n) is 9.21. The zero-order chi connectivity index (χ0) is 19.9. The monoisotopic (exact) mass is 414 g/mol. The van der Waals surface area contributed by atoms with Gasteiger partial charge in [-0.15, -0.1) is 0 Å². The van der Waals surface area contributed by atoms with E-state index in [9.17, 15) is 13.2 Å². The van der Waals surface area contributed by atoms with Crippen LogP contribution >= 0.6 is 11.8 Å². The number of thioether (sulfide) groups is 1. The van der Waals surface area contributed by atoms with Gasteiger partial charge in [-0.05, 0) is 31.5 Å². The highest BCUT2D eigenvalue weighted by Crippen LogP contribution is 2.41. The molecule has 2 fully saturated rings. The van der Waals surface area contributed by atoms with Crippen molar-refractivity contribution in [1.82, 2.24) is 0 Å². The van der Waals surface area contributed by atoms with E-state index in [2.05, 4.69) is 4.99 Å². The fourth-order valence-corrected chi connectivity index (χ4v) is 7.65. The summed E-state index contributed by atoms with van der Waals surface area (Å²) >= 11 is 1.41. The third-order valence-electron chi connectivity index (χ3n) is 5.04. The number of fused-ring (bicyclic) bond motifs is 1. The quantitative estimate of drug-likeness (QED) is 0.772. The van der Waals surface area contributed by atoms with Crippen LogP contribution in [0.3, 0.4) is 0 Å². The maximum Gasteiger partial charge on any atom is 0.252 e. The predicted octanol–water partition coefficient (Wildman–Crippen LogP) is 3.15. The van der Waals surface area contributed by atoms with Crippen molar-refractivity contribution < 1.29 is 13.2 Å². The van der Waals surface area contributed by atoms with Gasteiger partial charge in [-0.25, -0.2) is 8.42 Å². The Morgan fingerprint density at radius 3 is 2.57 bits per heavy atom. The van der Waals surface area contributed by atoms with E-state index in [-0.39, 0.29) is 35.1 Å². The number of hydrogen-bond acceptors (Lipinski definition) is 4. The number of amidine groups is 1. The van der Waals surface area contributed by atoms with E-state index in [1.165, 1.54) is 11.8 Å². The molecule has 4 rings (SSSR count). The van der Waals surface area contributed by atoms with Gasteiger partial charge in [-0.1, -0.05) is 59.3 Å². The third kappa shape index (κ3) is 4.00. The molecule has 146 valence electrons. The third-order valence-corrected chi connectivity index (χ3v) is 8.25. The van der Waals surface area contributed by atoms with Crippen molar-refractivity contribution in [1.29, 1.82) is 0 Å². The van der Waals surface area contributed by atoms with E-state index in [1.54, 1.807) is 0 Å². The van der Waals surface area contributed by atoms with Crippen molar-refractivity contribution in [2.45, 2.75) is 31.6 Å². The van der Waals surface area contributed by atoms with Crippen LogP contribution in [0.4, 0.5) is 5.69 Å². The summed E-state index contributed by atoms with van der Waals surface area (Å²) in [4.78, 5) is 18.9. The predicted molar refractivity (Wildman–Crippen MR) is 115 cm³/mol. The van der Waals surface area contributed by atoms with E-state index in [4.69, 9.17) is 0 Å². The first-order valence-corrected chi connectivity index (χ1v) is 11.9. The number of carbonyl (C=O) groups excluding carboxylic acids is 1. The van der Waals surface area contributed by atoms with Gasteiger partial charge in [0.05, 0.1) is 24.0 Å². The smallest absolute Gasteiger partial charge is 0.252 e. The summed E-state index contributed by atoms with van der Waals surface area (Å²) in [5.74, 6) is 0.0208. The summed E-state index contributed by atoms with van der Waals surface area (Å²) in [6, 6.07) is 15.6. The summed E-state index contributed by atoms with van der Waals surface area (Å²) in [5.41, 5.74) is 4.04. The SMILES string of the molecule is Cc1ccc(N2C(=NC(=O)Cc3cccc(C)c3)S[C@H]3CS(=O)(=O)C[C@@H]32)cc1. The Bertz CT molecular complexity index is 1050. The van der Waals surface area contributed by atoms with Gasteiger partial charge in [-0.3, -0.25) is 4.79 Å². The molecule has 7 heteroatoms. The molecule has 2 aliphatic rings. The molecule has 28 heavy (non-hydrogen) atoms. The second-order valence-electron chi connectivity index (χ2n) is 7.46. The zero-order valence-electron chi connectivity index (χ0n) is 15.8. The molecule has 2 heterocycles. The number of nitrogens with zero attached hydrogens (tertiary/aromatic N) is 2. The minimum absolute atomic E-state index is 0.0863. The van der Waals surface area contributed by atoms with Crippen molar-refractivity contribution in [3.8, 4) is 0 Å². The first kappa shape index (κ1) is 19.2. The van der Waals surface area contributed by atoms with E-state index in [0.717, 1.165) is 22.4 Å². The van der Waals surface area contributed by atoms with Crippen molar-refractivity contribution >= 4 is 38.4 Å². The number of carbonyl (C=O) groups is 1. The lowest BCUT2D eigenvalue weighted by molar-refractivity contribution is -0.117. The number of benzene rings is 2. The van der Waals surface area contributed by atoms with Crippen molar-refractivity contribution in [3.63, 3.8) is 0 Å². The van der Waals surface area contributed by atoms with Crippen LogP contribution in [0.2, 0.25) is 0 Å². The maximum absolute atomic E-state index is 12.6.